The number of unbranched alkanes of at least 4 members (excludes halogenated alkanes) is 57. The predicted octanol–water partition coefficient (Wildman–Crippen LogP) is 20.2. The second-order valence-electron chi connectivity index (χ2n) is 28.1. The van der Waals surface area contributed by atoms with Gasteiger partial charge < -0.3 is 50.5 Å². The van der Waals surface area contributed by atoms with Gasteiger partial charge in [-0.1, -0.05) is 386 Å². The van der Waals surface area contributed by atoms with Gasteiger partial charge in [-0.2, -0.15) is 0 Å². The molecule has 0 spiro atoms. The standard InChI is InChI=1S/C78H153NO10/c1-3-5-7-9-11-13-15-17-19-21-23-25-27-29-31-33-35-36-38-39-41-43-45-47-49-51-53-55-57-59-61-63-65-70(81)73(83)69(68-88-78-76(86)75(85)74(84)72(67-80)89-78)79-77(87)71(82)66-64-62-60-58-56-54-52-50-48-46-44-42-40-37-34-32-30-28-26-24-22-20-18-16-14-12-10-8-6-4-2/h57,59,69-76,78,80-86H,3-56,58,60-68H2,1-2H3,(H,79,87)/b59-57+. The first-order valence-corrected chi connectivity index (χ1v) is 39.6. The summed E-state index contributed by atoms with van der Waals surface area (Å²) in [7, 11) is 0. The maximum atomic E-state index is 13.3. The van der Waals surface area contributed by atoms with Crippen molar-refractivity contribution in [1.82, 2.24) is 5.32 Å². The molecule has 89 heavy (non-hydrogen) atoms. The topological polar surface area (TPSA) is 189 Å². The van der Waals surface area contributed by atoms with Gasteiger partial charge in [0.05, 0.1) is 25.4 Å². The third-order valence-corrected chi connectivity index (χ3v) is 19.6. The molecule has 0 aliphatic carbocycles. The number of hydrogen-bond donors (Lipinski definition) is 8. The maximum Gasteiger partial charge on any atom is 0.249 e. The molecule has 11 nitrogen and oxygen atoms in total. The summed E-state index contributed by atoms with van der Waals surface area (Å²) in [5.41, 5.74) is 0. The lowest BCUT2D eigenvalue weighted by Crippen LogP contribution is -2.60. The van der Waals surface area contributed by atoms with E-state index < -0.39 is 74.2 Å². The molecule has 11 heteroatoms. The van der Waals surface area contributed by atoms with Gasteiger partial charge >= 0.3 is 0 Å². The highest BCUT2D eigenvalue weighted by atomic mass is 16.7. The minimum Gasteiger partial charge on any atom is -0.394 e. The number of aliphatic hydroxyl groups is 7. The summed E-state index contributed by atoms with van der Waals surface area (Å²) in [6, 6.07) is -1.18. The molecule has 0 aromatic carbocycles. The molecule has 0 bridgehead atoms. The van der Waals surface area contributed by atoms with E-state index in [2.05, 4.69) is 31.3 Å². The van der Waals surface area contributed by atoms with Crippen LogP contribution in [0, 0.1) is 0 Å². The van der Waals surface area contributed by atoms with Crippen LogP contribution in [0.25, 0.3) is 0 Å². The highest BCUT2D eigenvalue weighted by Gasteiger charge is 2.44. The van der Waals surface area contributed by atoms with Crippen molar-refractivity contribution >= 4 is 5.91 Å². The van der Waals surface area contributed by atoms with Crippen LogP contribution < -0.4 is 5.32 Å². The van der Waals surface area contributed by atoms with Crippen LogP contribution in [0.4, 0.5) is 0 Å². The highest BCUT2D eigenvalue weighted by molar-refractivity contribution is 5.80. The molecule has 0 aromatic heterocycles. The second-order valence-corrected chi connectivity index (χ2v) is 28.1. The summed E-state index contributed by atoms with van der Waals surface area (Å²) >= 11 is 0. The van der Waals surface area contributed by atoms with E-state index in [9.17, 15) is 40.5 Å². The minimum atomic E-state index is -1.67. The molecule has 0 saturated carbocycles. The molecule has 1 rings (SSSR count). The summed E-state index contributed by atoms with van der Waals surface area (Å²) in [5, 5.41) is 76.7. The summed E-state index contributed by atoms with van der Waals surface area (Å²) in [6.07, 6.45) is 73.3. The summed E-state index contributed by atoms with van der Waals surface area (Å²) in [4.78, 5) is 13.3. The van der Waals surface area contributed by atoms with Crippen molar-refractivity contribution in [3.05, 3.63) is 12.2 Å². The Bertz CT molecular complexity index is 1450. The fourth-order valence-corrected chi connectivity index (χ4v) is 13.3. The average Bonchev–Trinajstić information content (AvgIpc) is 1.72. The minimum absolute atomic E-state index is 0.260. The number of allylic oxidation sites excluding steroid dienone is 2. The molecule has 1 fully saturated rings. The zero-order chi connectivity index (χ0) is 64.6. The number of rotatable bonds is 71. The van der Waals surface area contributed by atoms with Crippen LogP contribution in [0.2, 0.25) is 0 Å². The van der Waals surface area contributed by atoms with E-state index in [4.69, 9.17) is 9.47 Å². The lowest BCUT2D eigenvalue weighted by atomic mass is 9.98. The van der Waals surface area contributed by atoms with Crippen LogP contribution in [0.5, 0.6) is 0 Å². The number of carbonyl (C=O) groups excluding carboxylic acids is 1. The molecule has 9 atom stereocenters. The second kappa shape index (κ2) is 66.9. The molecule has 1 amide bonds. The van der Waals surface area contributed by atoms with E-state index in [1.54, 1.807) is 0 Å². The largest absolute Gasteiger partial charge is 0.394 e. The molecule has 1 aliphatic rings. The Morgan fingerprint density at radius 1 is 0.382 bits per heavy atom. The Labute approximate surface area is 551 Å². The predicted molar refractivity (Wildman–Crippen MR) is 376 cm³/mol. The highest BCUT2D eigenvalue weighted by Crippen LogP contribution is 2.24. The Morgan fingerprint density at radius 3 is 0.966 bits per heavy atom. The molecular weight excluding hydrogens is 1110 g/mol. The van der Waals surface area contributed by atoms with Crippen molar-refractivity contribution < 1.29 is 50.0 Å². The molecule has 9 unspecified atom stereocenters. The first kappa shape index (κ1) is 85.9. The van der Waals surface area contributed by atoms with Crippen molar-refractivity contribution in [1.29, 1.82) is 0 Å². The molecular formula is C78H153NO10. The van der Waals surface area contributed by atoms with Crippen LogP contribution in [0.15, 0.2) is 12.2 Å². The fourth-order valence-electron chi connectivity index (χ4n) is 13.3. The van der Waals surface area contributed by atoms with Crippen molar-refractivity contribution in [3.63, 3.8) is 0 Å². The number of aliphatic hydroxyl groups excluding tert-OH is 7. The molecule has 0 aromatic rings. The molecule has 1 heterocycles. The van der Waals surface area contributed by atoms with Gasteiger partial charge in [-0.15, -0.1) is 0 Å². The van der Waals surface area contributed by atoms with Gasteiger partial charge in [0.1, 0.15) is 36.6 Å². The molecule has 0 radical (unpaired) electrons. The smallest absolute Gasteiger partial charge is 0.249 e. The number of carbonyl (C=O) groups is 1. The summed E-state index contributed by atoms with van der Waals surface area (Å²) in [6.45, 7) is 3.52. The van der Waals surface area contributed by atoms with Crippen molar-refractivity contribution in [2.75, 3.05) is 13.2 Å². The third kappa shape index (κ3) is 53.8. The normalized spacial score (nSPS) is 18.5. The van der Waals surface area contributed by atoms with E-state index in [0.717, 1.165) is 32.1 Å². The third-order valence-electron chi connectivity index (χ3n) is 19.6. The van der Waals surface area contributed by atoms with Crippen LogP contribution in [0.1, 0.15) is 412 Å². The van der Waals surface area contributed by atoms with Crippen LogP contribution in [-0.4, -0.2) is 110 Å². The number of hydrogen-bond acceptors (Lipinski definition) is 10. The molecule has 8 N–H and O–H groups in total. The lowest BCUT2D eigenvalue weighted by Gasteiger charge is -2.40. The van der Waals surface area contributed by atoms with E-state index >= 15 is 0 Å². The fraction of sp³-hybridized carbons (Fsp3) is 0.962. The number of nitrogens with one attached hydrogen (secondary N) is 1. The summed E-state index contributed by atoms with van der Waals surface area (Å²) < 4.78 is 11.2. The van der Waals surface area contributed by atoms with Gasteiger partial charge in [-0.3, -0.25) is 4.79 Å². The maximum absolute atomic E-state index is 13.3. The Morgan fingerprint density at radius 2 is 0.663 bits per heavy atom. The monoisotopic (exact) mass is 1260 g/mol. The van der Waals surface area contributed by atoms with Crippen molar-refractivity contribution in [2.24, 2.45) is 0 Å². The van der Waals surface area contributed by atoms with Gasteiger partial charge in [-0.05, 0) is 38.5 Å². The lowest BCUT2D eigenvalue weighted by molar-refractivity contribution is -0.303. The number of ether oxygens (including phenoxy) is 2. The van der Waals surface area contributed by atoms with Gasteiger partial charge in [0, 0.05) is 0 Å². The van der Waals surface area contributed by atoms with Crippen molar-refractivity contribution in [3.8, 4) is 0 Å². The quantitative estimate of drug-likeness (QED) is 0.0215. The molecule has 530 valence electrons. The van der Waals surface area contributed by atoms with Gasteiger partial charge in [0.15, 0.2) is 6.29 Å². The molecule has 1 aliphatic heterocycles. The first-order valence-electron chi connectivity index (χ1n) is 39.6. The zero-order valence-electron chi connectivity index (χ0n) is 59.0. The van der Waals surface area contributed by atoms with Crippen LogP contribution in [0.3, 0.4) is 0 Å². The Kier molecular flexibility index (Phi) is 64.5. The van der Waals surface area contributed by atoms with E-state index in [1.807, 2.05) is 0 Å². The van der Waals surface area contributed by atoms with Crippen LogP contribution in [-0.2, 0) is 14.3 Å². The molecule has 1 saturated heterocycles. The average molecular weight is 1270 g/mol. The zero-order valence-corrected chi connectivity index (χ0v) is 59.0. The summed E-state index contributed by atoms with van der Waals surface area (Å²) in [5.74, 6) is -0.696. The van der Waals surface area contributed by atoms with Crippen molar-refractivity contribution in [2.45, 2.75) is 467 Å². The van der Waals surface area contributed by atoms with E-state index in [1.165, 1.54) is 340 Å². The Balaban J connectivity index is 2.14. The number of amides is 1. The SMILES string of the molecule is CCCCCCCCCCCCCCCCCCCCCCCCCCCCC/C=C/CCCC(O)C(O)C(COC1OC(CO)C(O)C(O)C1O)NC(=O)C(O)CCCCCCCCCCCCCCCCCCCCCCCCCCCCCCCC. The van der Waals surface area contributed by atoms with Gasteiger partial charge in [-0.25, -0.2) is 0 Å². The Hall–Kier alpha value is -1.15. The first-order chi connectivity index (χ1) is 43.7. The van der Waals surface area contributed by atoms with Gasteiger partial charge in [0.25, 0.3) is 0 Å². The van der Waals surface area contributed by atoms with Gasteiger partial charge in [0.2, 0.25) is 5.91 Å². The van der Waals surface area contributed by atoms with E-state index in [0.29, 0.717) is 12.8 Å². The van der Waals surface area contributed by atoms with Crippen LogP contribution >= 0.6 is 0 Å². The van der Waals surface area contributed by atoms with E-state index in [-0.39, 0.29) is 12.8 Å².